The zero-order valence-corrected chi connectivity index (χ0v) is 12.8. The third kappa shape index (κ3) is 2.99. The molecule has 19 heavy (non-hydrogen) atoms. The molecular formula is C12H15Cl2NO3S. The number of hydrogen-bond acceptors (Lipinski definition) is 3. The van der Waals surface area contributed by atoms with Crippen LogP contribution in [-0.2, 0) is 10.0 Å². The molecule has 0 amide bonds. The summed E-state index contributed by atoms with van der Waals surface area (Å²) >= 11 is 11.6. The first-order valence-electron chi connectivity index (χ1n) is 6.00. The van der Waals surface area contributed by atoms with E-state index in [0.717, 1.165) is 12.8 Å². The summed E-state index contributed by atoms with van der Waals surface area (Å²) in [5.74, 6) is 0.0766. The second-order valence-corrected chi connectivity index (χ2v) is 7.57. The molecule has 0 aromatic heterocycles. The van der Waals surface area contributed by atoms with Crippen molar-refractivity contribution >= 4 is 33.2 Å². The van der Waals surface area contributed by atoms with Gasteiger partial charge in [-0.2, -0.15) is 4.31 Å². The lowest BCUT2D eigenvalue weighted by atomic mass is 10.0. The van der Waals surface area contributed by atoms with Crippen LogP contribution in [0.3, 0.4) is 0 Å². The molecule has 1 heterocycles. The predicted octanol–water partition coefficient (Wildman–Crippen LogP) is 3.12. The maximum atomic E-state index is 12.5. The normalized spacial score (nSPS) is 18.7. The molecule has 0 saturated carbocycles. The molecule has 1 aromatic rings. The van der Waals surface area contributed by atoms with Gasteiger partial charge in [0.15, 0.2) is 5.75 Å². The average Bonchev–Trinajstić information content (AvgIpc) is 2.34. The number of hydrogen-bond donors (Lipinski definition) is 1. The van der Waals surface area contributed by atoms with Gasteiger partial charge in [0.2, 0.25) is 10.0 Å². The van der Waals surface area contributed by atoms with E-state index in [0.29, 0.717) is 19.0 Å². The second kappa shape index (κ2) is 5.48. The van der Waals surface area contributed by atoms with E-state index in [9.17, 15) is 13.5 Å². The Bertz CT molecular complexity index is 581. The smallest absolute Gasteiger partial charge is 0.246 e. The molecule has 0 atom stereocenters. The van der Waals surface area contributed by atoms with Gasteiger partial charge in [0, 0.05) is 18.1 Å². The zero-order valence-electron chi connectivity index (χ0n) is 10.4. The van der Waals surface area contributed by atoms with Crippen molar-refractivity contribution in [1.29, 1.82) is 0 Å². The van der Waals surface area contributed by atoms with Gasteiger partial charge in [-0.1, -0.05) is 30.1 Å². The van der Waals surface area contributed by atoms with E-state index >= 15 is 0 Å². The highest BCUT2D eigenvalue weighted by atomic mass is 35.5. The van der Waals surface area contributed by atoms with E-state index in [4.69, 9.17) is 23.2 Å². The number of aromatic hydroxyl groups is 1. The monoisotopic (exact) mass is 323 g/mol. The lowest BCUT2D eigenvalue weighted by Crippen LogP contribution is -2.37. The van der Waals surface area contributed by atoms with Gasteiger partial charge in [0.05, 0.1) is 5.02 Å². The van der Waals surface area contributed by atoms with Crippen molar-refractivity contribution < 1.29 is 13.5 Å². The maximum absolute atomic E-state index is 12.5. The fourth-order valence-electron chi connectivity index (χ4n) is 2.10. The molecule has 0 spiro atoms. The van der Waals surface area contributed by atoms with Gasteiger partial charge in [0.1, 0.15) is 4.90 Å². The fourth-order valence-corrected chi connectivity index (χ4v) is 4.32. The van der Waals surface area contributed by atoms with Crippen LogP contribution in [0.4, 0.5) is 0 Å². The maximum Gasteiger partial charge on any atom is 0.246 e. The number of halogens is 2. The number of phenolic OH excluding ortho intramolecular Hbond substituents is 1. The van der Waals surface area contributed by atoms with Crippen LogP contribution in [0, 0.1) is 5.92 Å². The van der Waals surface area contributed by atoms with E-state index in [-0.39, 0.29) is 14.9 Å². The average molecular weight is 324 g/mol. The van der Waals surface area contributed by atoms with Crippen molar-refractivity contribution in [1.82, 2.24) is 4.31 Å². The summed E-state index contributed by atoms with van der Waals surface area (Å²) in [6, 6.07) is 2.55. The molecule has 1 aliphatic heterocycles. The quantitative estimate of drug-likeness (QED) is 0.909. The zero-order chi connectivity index (χ0) is 14.2. The van der Waals surface area contributed by atoms with Crippen LogP contribution in [0.1, 0.15) is 19.8 Å². The molecule has 1 N–H and O–H groups in total. The molecular weight excluding hydrogens is 309 g/mol. The minimum Gasteiger partial charge on any atom is -0.505 e. The van der Waals surface area contributed by atoms with Crippen molar-refractivity contribution in [2.75, 3.05) is 13.1 Å². The van der Waals surface area contributed by atoms with E-state index in [1.54, 1.807) is 0 Å². The van der Waals surface area contributed by atoms with E-state index < -0.39 is 15.8 Å². The predicted molar refractivity (Wildman–Crippen MR) is 75.3 cm³/mol. The second-order valence-electron chi connectivity index (χ2n) is 4.82. The molecule has 4 nitrogen and oxygen atoms in total. The molecule has 0 radical (unpaired) electrons. The molecule has 1 aliphatic rings. The number of sulfonamides is 1. The minimum atomic E-state index is -3.75. The van der Waals surface area contributed by atoms with Crippen molar-refractivity contribution in [3.8, 4) is 5.75 Å². The number of piperidine rings is 1. The topological polar surface area (TPSA) is 57.6 Å². The first-order valence-corrected chi connectivity index (χ1v) is 8.20. The molecule has 1 aromatic carbocycles. The Hall–Kier alpha value is -0.490. The summed E-state index contributed by atoms with van der Waals surface area (Å²) in [4.78, 5) is -0.223. The van der Waals surface area contributed by atoms with Crippen LogP contribution in [0.5, 0.6) is 5.75 Å². The van der Waals surface area contributed by atoms with E-state index in [1.807, 2.05) is 0 Å². The standard InChI is InChI=1S/C12H15Cl2NO3S/c1-8-2-4-15(5-3-8)19(17,18)11-7-9(13)6-10(14)12(11)16/h6-8,16H,2-5H2,1H3. The molecule has 2 rings (SSSR count). The van der Waals surface area contributed by atoms with Crippen molar-refractivity contribution in [2.24, 2.45) is 5.92 Å². The number of phenols is 1. The van der Waals surface area contributed by atoms with E-state index in [2.05, 4.69) is 6.92 Å². The molecule has 106 valence electrons. The summed E-state index contributed by atoms with van der Waals surface area (Å²) in [5.41, 5.74) is 0. The summed E-state index contributed by atoms with van der Waals surface area (Å²) in [6.07, 6.45) is 1.63. The lowest BCUT2D eigenvalue weighted by molar-refractivity contribution is 0.287. The van der Waals surface area contributed by atoms with Gasteiger partial charge >= 0.3 is 0 Å². The SMILES string of the molecule is CC1CCN(S(=O)(=O)c2cc(Cl)cc(Cl)c2O)CC1. The lowest BCUT2D eigenvalue weighted by Gasteiger charge is -2.29. The Labute approximate surface area is 123 Å². The molecule has 7 heteroatoms. The molecule has 0 aliphatic carbocycles. The third-order valence-electron chi connectivity index (χ3n) is 3.35. The van der Waals surface area contributed by atoms with Gasteiger partial charge in [-0.25, -0.2) is 8.42 Å². The summed E-state index contributed by atoms with van der Waals surface area (Å²) < 4.78 is 26.3. The molecule has 1 fully saturated rings. The first kappa shape index (κ1) is 14.9. The van der Waals surface area contributed by atoms with Gasteiger partial charge < -0.3 is 5.11 Å². The Morgan fingerprint density at radius 2 is 1.84 bits per heavy atom. The van der Waals surface area contributed by atoms with Crippen LogP contribution in [0.25, 0.3) is 0 Å². The van der Waals surface area contributed by atoms with Crippen LogP contribution < -0.4 is 0 Å². The number of nitrogens with zero attached hydrogens (tertiary/aromatic N) is 1. The molecule has 1 saturated heterocycles. The number of benzene rings is 1. The fraction of sp³-hybridized carbons (Fsp3) is 0.500. The van der Waals surface area contributed by atoms with E-state index in [1.165, 1.54) is 16.4 Å². The third-order valence-corrected chi connectivity index (χ3v) is 5.77. The Balaban J connectivity index is 2.40. The Kier molecular flexibility index (Phi) is 4.30. The van der Waals surface area contributed by atoms with Crippen LogP contribution >= 0.6 is 23.2 Å². The molecule has 0 unspecified atom stereocenters. The summed E-state index contributed by atoms with van der Waals surface area (Å²) in [5, 5.41) is 9.97. The molecule has 0 bridgehead atoms. The van der Waals surface area contributed by atoms with Gasteiger partial charge in [-0.05, 0) is 30.9 Å². The minimum absolute atomic E-state index is 0.0588. The highest BCUT2D eigenvalue weighted by Gasteiger charge is 2.31. The highest BCUT2D eigenvalue weighted by Crippen LogP contribution is 2.36. The van der Waals surface area contributed by atoms with Crippen molar-refractivity contribution in [3.05, 3.63) is 22.2 Å². The summed E-state index contributed by atoms with van der Waals surface area (Å²) in [6.45, 7) is 3.00. The largest absolute Gasteiger partial charge is 0.505 e. The van der Waals surface area contributed by atoms with Gasteiger partial charge in [0.25, 0.3) is 0 Å². The van der Waals surface area contributed by atoms with Crippen LogP contribution in [-0.4, -0.2) is 30.9 Å². The van der Waals surface area contributed by atoms with Crippen molar-refractivity contribution in [2.45, 2.75) is 24.7 Å². The highest BCUT2D eigenvalue weighted by molar-refractivity contribution is 7.89. The number of rotatable bonds is 2. The first-order chi connectivity index (χ1) is 8.82. The van der Waals surface area contributed by atoms with Gasteiger partial charge in [-0.3, -0.25) is 0 Å². The van der Waals surface area contributed by atoms with Crippen LogP contribution in [0.15, 0.2) is 17.0 Å². The van der Waals surface area contributed by atoms with Crippen molar-refractivity contribution in [3.63, 3.8) is 0 Å². The summed E-state index contributed by atoms with van der Waals surface area (Å²) in [7, 11) is -3.75. The Morgan fingerprint density at radius 1 is 1.26 bits per heavy atom. The van der Waals surface area contributed by atoms with Crippen LogP contribution in [0.2, 0.25) is 10.0 Å². The Morgan fingerprint density at radius 3 is 2.42 bits per heavy atom. The van der Waals surface area contributed by atoms with Gasteiger partial charge in [-0.15, -0.1) is 0 Å².